The molecule has 0 saturated heterocycles. The lowest BCUT2D eigenvalue weighted by Gasteiger charge is -2.11. The van der Waals surface area contributed by atoms with Crippen LogP contribution >= 0.6 is 11.9 Å². The first-order chi connectivity index (χ1) is 4.06. The summed E-state index contributed by atoms with van der Waals surface area (Å²) in [5.41, 5.74) is 0. The summed E-state index contributed by atoms with van der Waals surface area (Å²) in [5.74, 6) is 0. The van der Waals surface area contributed by atoms with Crippen LogP contribution in [0.3, 0.4) is 0 Å². The summed E-state index contributed by atoms with van der Waals surface area (Å²) in [4.78, 5) is 0. The molecule has 52 valence electrons. The van der Waals surface area contributed by atoms with E-state index in [1.54, 1.807) is 0 Å². The van der Waals surface area contributed by atoms with Crippen LogP contribution in [0.25, 0.3) is 0 Å². The number of nitrogens with zero attached hydrogens (tertiary/aromatic N) is 1. The van der Waals surface area contributed by atoms with Crippen molar-refractivity contribution in [3.63, 3.8) is 0 Å². The molecule has 2 nitrogen and oxygen atoms in total. The molecule has 1 N–H and O–H groups in total. The molecule has 0 aromatic carbocycles. The Morgan fingerprint density at radius 3 is 2.33 bits per heavy atom. The van der Waals surface area contributed by atoms with Gasteiger partial charge in [0.25, 0.3) is 0 Å². The molecule has 0 rings (SSSR count). The normalized spacial score (nSPS) is 12.3. The van der Waals surface area contributed by atoms with Crippen molar-refractivity contribution in [2.75, 3.05) is 0 Å². The van der Waals surface area contributed by atoms with E-state index >= 15 is 0 Å². The second-order valence-corrected chi connectivity index (χ2v) is 4.24. The van der Waals surface area contributed by atoms with E-state index in [9.17, 15) is 0 Å². The lowest BCUT2D eigenvalue weighted by Crippen LogP contribution is -2.04. The molecule has 0 aliphatic heterocycles. The standard InChI is InChI=1S/C6H12N2S/c1-6(2,3)9-8-5-4-7/h4-5,7H,1-3H3. The van der Waals surface area contributed by atoms with Crippen LogP contribution in [0.5, 0.6) is 0 Å². The summed E-state index contributed by atoms with van der Waals surface area (Å²) in [5, 5.41) is 6.62. The zero-order valence-electron chi connectivity index (χ0n) is 6.01. The van der Waals surface area contributed by atoms with Gasteiger partial charge in [-0.2, -0.15) is 0 Å². The molecule has 0 heterocycles. The van der Waals surface area contributed by atoms with Gasteiger partial charge in [0.15, 0.2) is 0 Å². The van der Waals surface area contributed by atoms with Crippen LogP contribution in [0.1, 0.15) is 20.8 Å². The molecule has 0 atom stereocenters. The van der Waals surface area contributed by atoms with E-state index in [2.05, 4.69) is 25.2 Å². The van der Waals surface area contributed by atoms with Crippen LogP contribution < -0.4 is 0 Å². The third-order valence-corrected chi connectivity index (χ3v) is 1.24. The molecule has 0 radical (unpaired) electrons. The molecule has 9 heavy (non-hydrogen) atoms. The van der Waals surface area contributed by atoms with Gasteiger partial charge in [0, 0.05) is 11.0 Å². The topological polar surface area (TPSA) is 36.2 Å². The van der Waals surface area contributed by atoms with Crippen molar-refractivity contribution < 1.29 is 0 Å². The van der Waals surface area contributed by atoms with Crippen LogP contribution in [-0.4, -0.2) is 17.2 Å². The van der Waals surface area contributed by atoms with Crippen LogP contribution in [0, 0.1) is 5.41 Å². The van der Waals surface area contributed by atoms with E-state index in [1.807, 2.05) is 0 Å². The molecule has 0 unspecified atom stereocenters. The Bertz CT molecular complexity index is 113. The van der Waals surface area contributed by atoms with Gasteiger partial charge in [-0.3, -0.25) is 0 Å². The van der Waals surface area contributed by atoms with Crippen LogP contribution in [-0.2, 0) is 0 Å². The monoisotopic (exact) mass is 144 g/mol. The average Bonchev–Trinajstić information content (AvgIpc) is 1.63. The van der Waals surface area contributed by atoms with E-state index in [0.717, 1.165) is 0 Å². The van der Waals surface area contributed by atoms with Gasteiger partial charge in [-0.1, -0.05) is 0 Å². The quantitative estimate of drug-likeness (QED) is 0.468. The van der Waals surface area contributed by atoms with E-state index in [0.29, 0.717) is 0 Å². The van der Waals surface area contributed by atoms with Crippen molar-refractivity contribution in [1.82, 2.24) is 0 Å². The van der Waals surface area contributed by atoms with E-state index in [-0.39, 0.29) is 4.75 Å². The van der Waals surface area contributed by atoms with Crippen LogP contribution in [0.2, 0.25) is 0 Å². The highest BCUT2D eigenvalue weighted by molar-refractivity contribution is 7.99. The summed E-state index contributed by atoms with van der Waals surface area (Å²) < 4.78 is 4.08. The molecule has 0 fully saturated rings. The largest absolute Gasteiger partial charge is 0.307 e. The number of hydrogen-bond donors (Lipinski definition) is 1. The van der Waals surface area contributed by atoms with Gasteiger partial charge >= 0.3 is 0 Å². The lowest BCUT2D eigenvalue weighted by molar-refractivity contribution is 0.804. The molecule has 0 bridgehead atoms. The summed E-state index contributed by atoms with van der Waals surface area (Å²) in [6.45, 7) is 6.25. The predicted molar refractivity (Wildman–Crippen MR) is 44.6 cm³/mol. The maximum atomic E-state index is 6.62. The third-order valence-electron chi connectivity index (χ3n) is 0.462. The number of rotatable bonds is 2. The van der Waals surface area contributed by atoms with Crippen molar-refractivity contribution in [3.05, 3.63) is 0 Å². The van der Waals surface area contributed by atoms with Gasteiger partial charge in [0.05, 0.1) is 6.21 Å². The first-order valence-corrected chi connectivity index (χ1v) is 3.54. The lowest BCUT2D eigenvalue weighted by atomic mass is 10.3. The molecule has 3 heteroatoms. The summed E-state index contributed by atoms with van der Waals surface area (Å²) in [7, 11) is 0. The van der Waals surface area contributed by atoms with Gasteiger partial charge in [-0.15, -0.1) is 0 Å². The van der Waals surface area contributed by atoms with Crippen molar-refractivity contribution in [1.29, 1.82) is 5.41 Å². The van der Waals surface area contributed by atoms with Gasteiger partial charge in [0.1, 0.15) is 0 Å². The Hall–Kier alpha value is -0.310. The second-order valence-electron chi connectivity index (χ2n) is 2.62. The molecule has 0 saturated carbocycles. The Labute approximate surface area is 60.4 Å². The van der Waals surface area contributed by atoms with Gasteiger partial charge in [-0.25, -0.2) is 4.40 Å². The average molecular weight is 144 g/mol. The van der Waals surface area contributed by atoms with E-state index < -0.39 is 0 Å². The first kappa shape index (κ1) is 8.69. The Morgan fingerprint density at radius 2 is 2.00 bits per heavy atom. The van der Waals surface area contributed by atoms with E-state index in [1.165, 1.54) is 24.4 Å². The van der Waals surface area contributed by atoms with Crippen LogP contribution in [0.15, 0.2) is 4.40 Å². The number of hydrogen-bond acceptors (Lipinski definition) is 3. The predicted octanol–water partition coefficient (Wildman–Crippen LogP) is 2.15. The van der Waals surface area contributed by atoms with Crippen molar-refractivity contribution in [2.45, 2.75) is 25.5 Å². The Balaban J connectivity index is 3.50. The Morgan fingerprint density at radius 1 is 1.44 bits per heavy atom. The molecular weight excluding hydrogens is 132 g/mol. The Kier molecular flexibility index (Phi) is 3.54. The third kappa shape index (κ3) is 7.69. The van der Waals surface area contributed by atoms with Crippen molar-refractivity contribution in [2.24, 2.45) is 4.40 Å². The minimum absolute atomic E-state index is 0.166. The highest BCUT2D eigenvalue weighted by Crippen LogP contribution is 2.23. The highest BCUT2D eigenvalue weighted by atomic mass is 32.2. The molecule has 0 aliphatic carbocycles. The molecule has 0 aliphatic rings. The van der Waals surface area contributed by atoms with Gasteiger partial charge in [0.2, 0.25) is 0 Å². The van der Waals surface area contributed by atoms with Crippen LogP contribution in [0.4, 0.5) is 0 Å². The number of nitrogens with one attached hydrogen (secondary N) is 1. The second kappa shape index (κ2) is 3.67. The SMILES string of the molecule is CC(C)(C)SN=CC=N. The highest BCUT2D eigenvalue weighted by Gasteiger charge is 2.08. The molecule has 0 amide bonds. The molecule has 0 aromatic rings. The maximum absolute atomic E-state index is 6.62. The minimum Gasteiger partial charge on any atom is -0.307 e. The maximum Gasteiger partial charge on any atom is 0.0527 e. The van der Waals surface area contributed by atoms with Crippen molar-refractivity contribution >= 4 is 24.4 Å². The zero-order chi connectivity index (χ0) is 7.33. The minimum atomic E-state index is 0.166. The first-order valence-electron chi connectivity index (χ1n) is 2.77. The fourth-order valence-corrected chi connectivity index (χ4v) is 0.657. The zero-order valence-corrected chi connectivity index (χ0v) is 6.83. The molecule has 0 aromatic heterocycles. The van der Waals surface area contributed by atoms with Gasteiger partial charge < -0.3 is 5.41 Å². The van der Waals surface area contributed by atoms with Crippen molar-refractivity contribution in [3.8, 4) is 0 Å². The smallest absolute Gasteiger partial charge is 0.0527 e. The fraction of sp³-hybridized carbons (Fsp3) is 0.667. The summed E-state index contributed by atoms with van der Waals surface area (Å²) in [6.07, 6.45) is 2.66. The van der Waals surface area contributed by atoms with E-state index in [4.69, 9.17) is 5.41 Å². The van der Waals surface area contributed by atoms with Gasteiger partial charge in [-0.05, 0) is 32.7 Å². The summed E-state index contributed by atoms with van der Waals surface area (Å²) in [6, 6.07) is 0. The summed E-state index contributed by atoms with van der Waals surface area (Å²) >= 11 is 1.48. The fourth-order valence-electron chi connectivity index (χ4n) is 0.219. The molecular formula is C6H12N2S. The molecule has 0 spiro atoms.